The van der Waals surface area contributed by atoms with Gasteiger partial charge < -0.3 is 10.6 Å². The molecular formula is C10H19IN4S. The molecule has 0 saturated heterocycles. The lowest BCUT2D eigenvalue weighted by Gasteiger charge is -2.06. The average molecular weight is 354 g/mol. The Balaban J connectivity index is 0.00000225. The maximum Gasteiger partial charge on any atom is 0.190 e. The number of aryl methyl sites for hydroxylation is 1. The summed E-state index contributed by atoms with van der Waals surface area (Å²) in [7, 11) is 3.62. The van der Waals surface area contributed by atoms with E-state index < -0.39 is 0 Å². The molecule has 0 aliphatic heterocycles. The predicted molar refractivity (Wildman–Crippen MR) is 81.0 cm³/mol. The highest BCUT2D eigenvalue weighted by molar-refractivity contribution is 14.0. The van der Waals surface area contributed by atoms with Crippen LogP contribution in [0, 0.1) is 0 Å². The van der Waals surface area contributed by atoms with E-state index in [1.807, 2.05) is 7.05 Å². The zero-order chi connectivity index (χ0) is 11.1. The Morgan fingerprint density at radius 2 is 2.31 bits per heavy atom. The molecule has 0 aliphatic carbocycles. The molecule has 0 bridgehead atoms. The highest BCUT2D eigenvalue weighted by atomic mass is 127. The first-order valence-electron chi connectivity index (χ1n) is 5.11. The molecule has 0 aromatic carbocycles. The number of thiazole rings is 1. The Bertz CT molecular complexity index is 324. The van der Waals surface area contributed by atoms with Gasteiger partial charge in [-0.25, -0.2) is 4.98 Å². The van der Waals surface area contributed by atoms with Crippen molar-refractivity contribution in [3.05, 3.63) is 16.1 Å². The smallest absolute Gasteiger partial charge is 0.190 e. The summed E-state index contributed by atoms with van der Waals surface area (Å²) in [6.45, 7) is 2.99. The van der Waals surface area contributed by atoms with Crippen molar-refractivity contribution in [2.24, 2.45) is 4.99 Å². The van der Waals surface area contributed by atoms with Gasteiger partial charge in [0.25, 0.3) is 0 Å². The normalized spacial score (nSPS) is 10.8. The number of aliphatic imine (C=N–C) groups is 1. The van der Waals surface area contributed by atoms with Gasteiger partial charge in [-0.05, 0) is 6.42 Å². The molecular weight excluding hydrogens is 335 g/mol. The molecule has 1 aromatic heterocycles. The van der Waals surface area contributed by atoms with Crippen molar-refractivity contribution in [1.29, 1.82) is 0 Å². The van der Waals surface area contributed by atoms with Crippen LogP contribution in [0.1, 0.15) is 17.6 Å². The number of guanidine groups is 1. The highest BCUT2D eigenvalue weighted by Gasteiger charge is 2.00. The Morgan fingerprint density at radius 3 is 2.81 bits per heavy atom. The molecule has 6 heteroatoms. The quantitative estimate of drug-likeness (QED) is 0.491. The van der Waals surface area contributed by atoms with Gasteiger partial charge in [0.15, 0.2) is 5.96 Å². The van der Waals surface area contributed by atoms with E-state index in [1.165, 1.54) is 5.01 Å². The molecule has 1 heterocycles. The Hall–Kier alpha value is -0.370. The molecule has 16 heavy (non-hydrogen) atoms. The van der Waals surface area contributed by atoms with Gasteiger partial charge >= 0.3 is 0 Å². The summed E-state index contributed by atoms with van der Waals surface area (Å²) in [5, 5.41) is 9.51. The number of nitrogens with zero attached hydrogens (tertiary/aromatic N) is 2. The van der Waals surface area contributed by atoms with Gasteiger partial charge in [0, 0.05) is 32.4 Å². The minimum absolute atomic E-state index is 0. The lowest BCUT2D eigenvalue weighted by molar-refractivity contribution is 0.816. The summed E-state index contributed by atoms with van der Waals surface area (Å²) >= 11 is 1.74. The topological polar surface area (TPSA) is 49.3 Å². The predicted octanol–water partition coefficient (Wildman–Crippen LogP) is 1.66. The minimum atomic E-state index is 0. The molecule has 0 atom stereocenters. The second-order valence-electron chi connectivity index (χ2n) is 3.09. The molecule has 1 aromatic rings. The molecule has 1 rings (SSSR count). The van der Waals surface area contributed by atoms with Crippen molar-refractivity contribution in [3.8, 4) is 0 Å². The van der Waals surface area contributed by atoms with Gasteiger partial charge in [-0.2, -0.15) is 0 Å². The fourth-order valence-corrected chi connectivity index (χ4v) is 1.99. The van der Waals surface area contributed by atoms with Gasteiger partial charge in [-0.3, -0.25) is 4.99 Å². The standard InChI is InChI=1S/C10H18N4S.HI/c1-4-9-14-8(7-15-9)5-6-13-10(11-2)12-3;/h7H,4-6H2,1-3H3,(H2,11,12,13);1H. The third-order valence-electron chi connectivity index (χ3n) is 2.04. The molecule has 0 saturated carbocycles. The van der Waals surface area contributed by atoms with Crippen LogP contribution in [0.2, 0.25) is 0 Å². The lowest BCUT2D eigenvalue weighted by atomic mass is 10.3. The third-order valence-corrected chi connectivity index (χ3v) is 3.08. The minimum Gasteiger partial charge on any atom is -0.359 e. The van der Waals surface area contributed by atoms with Gasteiger partial charge in [-0.15, -0.1) is 35.3 Å². The van der Waals surface area contributed by atoms with Crippen molar-refractivity contribution in [1.82, 2.24) is 15.6 Å². The van der Waals surface area contributed by atoms with Crippen LogP contribution in [0.5, 0.6) is 0 Å². The fourth-order valence-electron chi connectivity index (χ4n) is 1.21. The van der Waals surface area contributed by atoms with Crippen LogP contribution in [0.25, 0.3) is 0 Å². The summed E-state index contributed by atoms with van der Waals surface area (Å²) in [5.41, 5.74) is 1.16. The molecule has 4 nitrogen and oxygen atoms in total. The maximum atomic E-state index is 4.50. The maximum absolute atomic E-state index is 4.50. The average Bonchev–Trinajstić information content (AvgIpc) is 2.72. The van der Waals surface area contributed by atoms with Crippen LogP contribution in [-0.4, -0.2) is 31.6 Å². The monoisotopic (exact) mass is 354 g/mol. The van der Waals surface area contributed by atoms with Crippen LogP contribution in [0.15, 0.2) is 10.4 Å². The summed E-state index contributed by atoms with van der Waals surface area (Å²) in [6.07, 6.45) is 1.97. The largest absolute Gasteiger partial charge is 0.359 e. The number of hydrogen-bond acceptors (Lipinski definition) is 3. The van der Waals surface area contributed by atoms with E-state index in [4.69, 9.17) is 0 Å². The highest BCUT2D eigenvalue weighted by Crippen LogP contribution is 2.09. The lowest BCUT2D eigenvalue weighted by Crippen LogP contribution is -2.35. The summed E-state index contributed by atoms with van der Waals surface area (Å²) in [6, 6.07) is 0. The SMILES string of the molecule is CCc1nc(CCNC(=NC)NC)cs1.I. The van der Waals surface area contributed by atoms with Gasteiger partial charge in [0.05, 0.1) is 10.7 Å². The zero-order valence-electron chi connectivity index (χ0n) is 9.91. The Labute approximate surface area is 118 Å². The molecule has 0 unspecified atom stereocenters. The van der Waals surface area contributed by atoms with Crippen LogP contribution < -0.4 is 10.6 Å². The molecule has 2 N–H and O–H groups in total. The summed E-state index contributed by atoms with van der Waals surface area (Å²) in [4.78, 5) is 8.53. The van der Waals surface area contributed by atoms with E-state index in [0.29, 0.717) is 0 Å². The number of hydrogen-bond donors (Lipinski definition) is 2. The second kappa shape index (κ2) is 8.74. The summed E-state index contributed by atoms with van der Waals surface area (Å²) in [5.74, 6) is 0.820. The number of rotatable bonds is 4. The molecule has 92 valence electrons. The molecule has 0 amide bonds. The molecule has 0 spiro atoms. The third kappa shape index (κ3) is 5.11. The first-order valence-corrected chi connectivity index (χ1v) is 5.99. The Kier molecular flexibility index (Phi) is 8.54. The Morgan fingerprint density at radius 1 is 1.56 bits per heavy atom. The van der Waals surface area contributed by atoms with E-state index >= 15 is 0 Å². The van der Waals surface area contributed by atoms with Gasteiger partial charge in [-0.1, -0.05) is 6.92 Å². The van der Waals surface area contributed by atoms with Crippen LogP contribution in [0.4, 0.5) is 0 Å². The number of aromatic nitrogens is 1. The van der Waals surface area contributed by atoms with E-state index in [1.54, 1.807) is 18.4 Å². The van der Waals surface area contributed by atoms with E-state index in [-0.39, 0.29) is 24.0 Å². The number of nitrogens with one attached hydrogen (secondary N) is 2. The molecule has 0 aliphatic rings. The van der Waals surface area contributed by atoms with Crippen LogP contribution in [-0.2, 0) is 12.8 Å². The fraction of sp³-hybridized carbons (Fsp3) is 0.600. The van der Waals surface area contributed by atoms with Crippen LogP contribution in [0.3, 0.4) is 0 Å². The first-order chi connectivity index (χ1) is 7.30. The van der Waals surface area contributed by atoms with E-state index in [2.05, 4.69) is 32.9 Å². The van der Waals surface area contributed by atoms with Crippen molar-refractivity contribution in [2.75, 3.05) is 20.6 Å². The number of halogens is 1. The van der Waals surface area contributed by atoms with Crippen LogP contribution >= 0.6 is 35.3 Å². The van der Waals surface area contributed by atoms with Gasteiger partial charge in [0.1, 0.15) is 0 Å². The van der Waals surface area contributed by atoms with Crippen molar-refractivity contribution in [3.63, 3.8) is 0 Å². The molecule has 0 radical (unpaired) electrons. The van der Waals surface area contributed by atoms with Gasteiger partial charge in [0.2, 0.25) is 0 Å². The summed E-state index contributed by atoms with van der Waals surface area (Å²) < 4.78 is 0. The van der Waals surface area contributed by atoms with Crippen molar-refractivity contribution in [2.45, 2.75) is 19.8 Å². The van der Waals surface area contributed by atoms with E-state index in [0.717, 1.165) is 31.0 Å². The zero-order valence-corrected chi connectivity index (χ0v) is 13.1. The molecule has 0 fully saturated rings. The first kappa shape index (κ1) is 15.6. The second-order valence-corrected chi connectivity index (χ2v) is 4.03. The van der Waals surface area contributed by atoms with Crippen molar-refractivity contribution >= 4 is 41.3 Å². The van der Waals surface area contributed by atoms with E-state index in [9.17, 15) is 0 Å². The van der Waals surface area contributed by atoms with Crippen molar-refractivity contribution < 1.29 is 0 Å².